The van der Waals surface area contributed by atoms with E-state index in [1.54, 1.807) is 0 Å². The maximum atomic E-state index is 10.0. The van der Waals surface area contributed by atoms with Crippen molar-refractivity contribution in [1.29, 1.82) is 0 Å². The Labute approximate surface area is 53.3 Å². The molecule has 0 saturated heterocycles. The lowest BCUT2D eigenvalue weighted by Gasteiger charge is -2.23. The number of carbonyl (C=O) groups is 1. The molecule has 3 N–H and O–H groups in total. The van der Waals surface area contributed by atoms with E-state index in [9.17, 15) is 4.79 Å². The maximum absolute atomic E-state index is 10.0. The standard InChI is InChI=1S/C5H10N2O2/c6-5(8)7-9-4-2-1-3-4/h4H,1-3H2,(H3,6,7,8). The van der Waals surface area contributed by atoms with Crippen LogP contribution in [0, 0.1) is 0 Å². The van der Waals surface area contributed by atoms with Crippen LogP contribution in [-0.4, -0.2) is 12.1 Å². The van der Waals surface area contributed by atoms with Crippen LogP contribution < -0.4 is 11.2 Å². The molecule has 0 heterocycles. The molecule has 4 nitrogen and oxygen atoms in total. The minimum atomic E-state index is -0.623. The predicted octanol–water partition coefficient (Wildman–Crippen LogP) is 0.139. The van der Waals surface area contributed by atoms with E-state index in [-0.39, 0.29) is 6.10 Å². The monoisotopic (exact) mass is 130 g/mol. The molecule has 0 aliphatic heterocycles. The average Bonchev–Trinajstić information content (AvgIpc) is 1.60. The summed E-state index contributed by atoms with van der Waals surface area (Å²) in [7, 11) is 0. The summed E-state index contributed by atoms with van der Waals surface area (Å²) in [6, 6.07) is -0.623. The predicted molar refractivity (Wildman–Crippen MR) is 31.4 cm³/mol. The van der Waals surface area contributed by atoms with Gasteiger partial charge in [-0.05, 0) is 19.3 Å². The van der Waals surface area contributed by atoms with E-state index in [0.717, 1.165) is 12.8 Å². The quantitative estimate of drug-likeness (QED) is 0.522. The summed E-state index contributed by atoms with van der Waals surface area (Å²) in [6.45, 7) is 0. The third-order valence-corrected chi connectivity index (χ3v) is 1.38. The lowest BCUT2D eigenvalue weighted by Crippen LogP contribution is -2.36. The number of carbonyl (C=O) groups excluding carboxylic acids is 1. The van der Waals surface area contributed by atoms with Crippen molar-refractivity contribution < 1.29 is 9.63 Å². The summed E-state index contributed by atoms with van der Waals surface area (Å²) in [6.07, 6.45) is 3.45. The lowest BCUT2D eigenvalue weighted by atomic mass is 9.97. The molecule has 0 aromatic carbocycles. The molecule has 0 aromatic rings. The van der Waals surface area contributed by atoms with E-state index in [0.29, 0.717) is 0 Å². The third kappa shape index (κ3) is 1.89. The minimum absolute atomic E-state index is 0.206. The molecule has 0 aromatic heterocycles. The fraction of sp³-hybridized carbons (Fsp3) is 0.800. The summed E-state index contributed by atoms with van der Waals surface area (Å²) in [5.41, 5.74) is 6.83. The Hall–Kier alpha value is -0.770. The van der Waals surface area contributed by atoms with Gasteiger partial charge in [0.1, 0.15) is 0 Å². The first-order valence-corrected chi connectivity index (χ1v) is 3.00. The van der Waals surface area contributed by atoms with Crippen molar-refractivity contribution in [2.45, 2.75) is 25.4 Å². The number of nitrogens with two attached hydrogens (primary N) is 1. The Morgan fingerprint density at radius 2 is 2.33 bits per heavy atom. The first-order valence-electron chi connectivity index (χ1n) is 3.00. The Kier molecular flexibility index (Phi) is 1.89. The highest BCUT2D eigenvalue weighted by Crippen LogP contribution is 2.20. The zero-order valence-corrected chi connectivity index (χ0v) is 5.09. The highest BCUT2D eigenvalue weighted by atomic mass is 16.7. The van der Waals surface area contributed by atoms with Gasteiger partial charge in [-0.1, -0.05) is 0 Å². The molecule has 0 radical (unpaired) electrons. The van der Waals surface area contributed by atoms with Gasteiger partial charge >= 0.3 is 6.03 Å². The SMILES string of the molecule is NC(=O)NOC1CCC1. The first kappa shape index (κ1) is 6.35. The van der Waals surface area contributed by atoms with Gasteiger partial charge in [0.15, 0.2) is 0 Å². The van der Waals surface area contributed by atoms with E-state index in [1.165, 1.54) is 6.42 Å². The van der Waals surface area contributed by atoms with Crippen molar-refractivity contribution in [2.75, 3.05) is 0 Å². The number of primary amides is 1. The second-order valence-electron chi connectivity index (χ2n) is 2.14. The lowest BCUT2D eigenvalue weighted by molar-refractivity contribution is -0.0429. The number of nitrogens with one attached hydrogen (secondary N) is 1. The molecule has 0 bridgehead atoms. The van der Waals surface area contributed by atoms with E-state index in [2.05, 4.69) is 5.48 Å². The highest BCUT2D eigenvalue weighted by molar-refractivity contribution is 5.70. The first-order chi connectivity index (χ1) is 4.29. The van der Waals surface area contributed by atoms with Crippen molar-refractivity contribution in [1.82, 2.24) is 5.48 Å². The van der Waals surface area contributed by atoms with Crippen LogP contribution in [-0.2, 0) is 4.84 Å². The topological polar surface area (TPSA) is 64.4 Å². The smallest absolute Gasteiger partial charge is 0.336 e. The summed E-state index contributed by atoms with van der Waals surface area (Å²) in [5, 5.41) is 0. The Balaban J connectivity index is 1.97. The van der Waals surface area contributed by atoms with Gasteiger partial charge in [-0.2, -0.15) is 0 Å². The van der Waals surface area contributed by atoms with Crippen LogP contribution in [0.3, 0.4) is 0 Å². The van der Waals surface area contributed by atoms with Crippen LogP contribution >= 0.6 is 0 Å². The molecular weight excluding hydrogens is 120 g/mol. The van der Waals surface area contributed by atoms with Crippen LogP contribution in [0.25, 0.3) is 0 Å². The highest BCUT2D eigenvalue weighted by Gasteiger charge is 2.18. The van der Waals surface area contributed by atoms with E-state index in [1.807, 2.05) is 0 Å². The summed E-state index contributed by atoms with van der Waals surface area (Å²) >= 11 is 0. The number of hydrogen-bond donors (Lipinski definition) is 2. The zero-order chi connectivity index (χ0) is 6.69. The molecule has 0 atom stereocenters. The fourth-order valence-electron chi connectivity index (χ4n) is 0.630. The maximum Gasteiger partial charge on any atom is 0.336 e. The van der Waals surface area contributed by atoms with Crippen molar-refractivity contribution >= 4 is 6.03 Å². The number of hydroxylamine groups is 1. The molecule has 9 heavy (non-hydrogen) atoms. The summed E-state index contributed by atoms with van der Waals surface area (Å²) in [4.78, 5) is 14.8. The number of urea groups is 1. The number of hydrogen-bond acceptors (Lipinski definition) is 2. The fourth-order valence-corrected chi connectivity index (χ4v) is 0.630. The van der Waals surface area contributed by atoms with Crippen LogP contribution in [0.4, 0.5) is 4.79 Å². The van der Waals surface area contributed by atoms with Crippen LogP contribution in [0.2, 0.25) is 0 Å². The van der Waals surface area contributed by atoms with E-state index in [4.69, 9.17) is 10.6 Å². The summed E-state index contributed by atoms with van der Waals surface area (Å²) in [5.74, 6) is 0. The molecule has 1 aliphatic carbocycles. The van der Waals surface area contributed by atoms with Crippen molar-refractivity contribution in [2.24, 2.45) is 5.73 Å². The van der Waals surface area contributed by atoms with Crippen LogP contribution in [0.15, 0.2) is 0 Å². The molecule has 1 aliphatic rings. The Bertz CT molecular complexity index is 112. The normalized spacial score (nSPS) is 18.7. The molecule has 1 rings (SSSR count). The van der Waals surface area contributed by atoms with Gasteiger partial charge in [-0.3, -0.25) is 4.84 Å². The average molecular weight is 130 g/mol. The van der Waals surface area contributed by atoms with Gasteiger partial charge in [-0.25, -0.2) is 10.3 Å². The zero-order valence-electron chi connectivity index (χ0n) is 5.09. The van der Waals surface area contributed by atoms with Crippen molar-refractivity contribution in [3.8, 4) is 0 Å². The molecule has 0 unspecified atom stereocenters. The van der Waals surface area contributed by atoms with E-state index < -0.39 is 6.03 Å². The second kappa shape index (κ2) is 2.68. The molecule has 1 fully saturated rings. The minimum Gasteiger partial charge on any atom is -0.350 e. The molecule has 0 spiro atoms. The van der Waals surface area contributed by atoms with Crippen molar-refractivity contribution in [3.05, 3.63) is 0 Å². The van der Waals surface area contributed by atoms with Gasteiger partial charge in [0.25, 0.3) is 0 Å². The van der Waals surface area contributed by atoms with Gasteiger partial charge in [-0.15, -0.1) is 0 Å². The van der Waals surface area contributed by atoms with E-state index >= 15 is 0 Å². The second-order valence-corrected chi connectivity index (χ2v) is 2.14. The molecular formula is C5H10N2O2. The third-order valence-electron chi connectivity index (χ3n) is 1.38. The van der Waals surface area contributed by atoms with Gasteiger partial charge in [0.05, 0.1) is 6.10 Å². The van der Waals surface area contributed by atoms with Crippen LogP contribution in [0.1, 0.15) is 19.3 Å². The molecule has 52 valence electrons. The number of amides is 2. The van der Waals surface area contributed by atoms with Gasteiger partial charge < -0.3 is 5.73 Å². The Morgan fingerprint density at radius 1 is 1.67 bits per heavy atom. The largest absolute Gasteiger partial charge is 0.350 e. The van der Waals surface area contributed by atoms with Crippen LogP contribution in [0.5, 0.6) is 0 Å². The Morgan fingerprint density at radius 3 is 2.67 bits per heavy atom. The van der Waals surface area contributed by atoms with Crippen molar-refractivity contribution in [3.63, 3.8) is 0 Å². The number of rotatable bonds is 2. The van der Waals surface area contributed by atoms with Gasteiger partial charge in [0, 0.05) is 0 Å². The summed E-state index contributed by atoms with van der Waals surface area (Å²) < 4.78 is 0. The molecule has 1 saturated carbocycles. The molecule has 4 heteroatoms. The molecule has 2 amide bonds. The van der Waals surface area contributed by atoms with Gasteiger partial charge in [0.2, 0.25) is 0 Å².